The quantitative estimate of drug-likeness (QED) is 0.640. The smallest absolute Gasteiger partial charge is 0.271 e. The third-order valence-corrected chi connectivity index (χ3v) is 6.32. The Hall–Kier alpha value is -2.26. The lowest BCUT2D eigenvalue weighted by atomic mass is 9.97. The van der Waals surface area contributed by atoms with Crippen molar-refractivity contribution in [2.75, 3.05) is 5.32 Å². The maximum absolute atomic E-state index is 12.9. The fraction of sp³-hybridized carbons (Fsp3) is 0.333. The molecule has 0 saturated carbocycles. The molecule has 3 aromatic heterocycles. The van der Waals surface area contributed by atoms with E-state index in [1.807, 2.05) is 0 Å². The van der Waals surface area contributed by atoms with Crippen LogP contribution in [0.25, 0.3) is 10.2 Å². The minimum Gasteiger partial charge on any atom is -0.326 e. The first-order valence-corrected chi connectivity index (χ1v) is 10.3. The number of nitrogens with zero attached hydrogens (tertiary/aromatic N) is 2. The SMILES string of the molecule is O=C(CCn1cnc2sc3c(c2c1=O)CCCC3)Nc1cc(Br)c[nH]c1=O. The number of amides is 1. The number of pyridine rings is 1. The Morgan fingerprint density at radius 2 is 2.15 bits per heavy atom. The van der Waals surface area contributed by atoms with Crippen molar-refractivity contribution in [3.8, 4) is 0 Å². The molecule has 0 bridgehead atoms. The number of anilines is 1. The molecule has 3 aromatic rings. The standard InChI is InChI=1S/C18H17BrN4O3S/c19-10-7-12(16(25)20-8-10)22-14(24)5-6-23-9-21-17-15(18(23)26)11-3-1-2-4-13(11)27-17/h7-9H,1-6H2,(H,20,25)(H,22,24). The van der Waals surface area contributed by atoms with E-state index in [2.05, 4.69) is 31.2 Å². The Morgan fingerprint density at radius 3 is 3.00 bits per heavy atom. The molecule has 140 valence electrons. The summed E-state index contributed by atoms with van der Waals surface area (Å²) in [7, 11) is 0. The fourth-order valence-electron chi connectivity index (χ4n) is 3.33. The highest BCUT2D eigenvalue weighted by Crippen LogP contribution is 2.33. The van der Waals surface area contributed by atoms with Crippen molar-refractivity contribution >= 4 is 49.1 Å². The molecule has 2 N–H and O–H groups in total. The van der Waals surface area contributed by atoms with E-state index in [9.17, 15) is 14.4 Å². The van der Waals surface area contributed by atoms with Crippen molar-refractivity contribution in [3.05, 3.63) is 54.2 Å². The van der Waals surface area contributed by atoms with Gasteiger partial charge in [-0.2, -0.15) is 0 Å². The average Bonchev–Trinajstić information content (AvgIpc) is 3.03. The zero-order valence-electron chi connectivity index (χ0n) is 14.4. The lowest BCUT2D eigenvalue weighted by Gasteiger charge is -2.10. The van der Waals surface area contributed by atoms with Crippen LogP contribution >= 0.6 is 27.3 Å². The molecule has 3 heterocycles. The van der Waals surface area contributed by atoms with Crippen molar-refractivity contribution in [1.82, 2.24) is 14.5 Å². The lowest BCUT2D eigenvalue weighted by molar-refractivity contribution is -0.116. The van der Waals surface area contributed by atoms with Gasteiger partial charge >= 0.3 is 0 Å². The van der Waals surface area contributed by atoms with Crippen LogP contribution in [0.15, 0.2) is 32.7 Å². The highest BCUT2D eigenvalue weighted by atomic mass is 79.9. The molecule has 1 aliphatic rings. The van der Waals surface area contributed by atoms with E-state index in [1.165, 1.54) is 28.0 Å². The third-order valence-electron chi connectivity index (χ3n) is 4.66. The summed E-state index contributed by atoms with van der Waals surface area (Å²) in [6, 6.07) is 1.54. The number of H-pyrrole nitrogens is 1. The van der Waals surface area contributed by atoms with Gasteiger partial charge in [-0.05, 0) is 53.2 Å². The topological polar surface area (TPSA) is 96.8 Å². The summed E-state index contributed by atoms with van der Waals surface area (Å²) in [5.74, 6) is -0.335. The molecule has 4 rings (SSSR count). The van der Waals surface area contributed by atoms with E-state index >= 15 is 0 Å². The number of hydrogen-bond donors (Lipinski definition) is 2. The van der Waals surface area contributed by atoms with Gasteiger partial charge in [0.1, 0.15) is 10.5 Å². The van der Waals surface area contributed by atoms with E-state index in [1.54, 1.807) is 11.3 Å². The number of carbonyl (C=O) groups excluding carboxylic acids is 1. The molecule has 0 atom stereocenters. The summed E-state index contributed by atoms with van der Waals surface area (Å²) in [6.07, 6.45) is 7.26. The van der Waals surface area contributed by atoms with Crippen LogP contribution in [0.5, 0.6) is 0 Å². The lowest BCUT2D eigenvalue weighted by Crippen LogP contribution is -2.25. The Bertz CT molecular complexity index is 1150. The Kier molecular flexibility index (Phi) is 4.96. The largest absolute Gasteiger partial charge is 0.326 e. The molecule has 0 aromatic carbocycles. The van der Waals surface area contributed by atoms with Crippen LogP contribution in [0.2, 0.25) is 0 Å². The van der Waals surface area contributed by atoms with E-state index in [4.69, 9.17) is 0 Å². The molecular formula is C18H17BrN4O3S. The molecule has 9 heteroatoms. The molecule has 0 radical (unpaired) electrons. The van der Waals surface area contributed by atoms with Gasteiger partial charge in [0.15, 0.2) is 0 Å². The molecule has 0 unspecified atom stereocenters. The van der Waals surface area contributed by atoms with Crippen LogP contribution in [-0.4, -0.2) is 20.4 Å². The first-order valence-electron chi connectivity index (χ1n) is 8.70. The summed E-state index contributed by atoms with van der Waals surface area (Å²) in [4.78, 5) is 45.8. The molecule has 1 aliphatic carbocycles. The zero-order valence-corrected chi connectivity index (χ0v) is 16.8. The first kappa shape index (κ1) is 18.1. The van der Waals surface area contributed by atoms with Crippen LogP contribution in [0.3, 0.4) is 0 Å². The molecular weight excluding hydrogens is 432 g/mol. The minimum absolute atomic E-state index is 0.0748. The normalized spacial score (nSPS) is 13.5. The predicted molar refractivity (Wildman–Crippen MR) is 109 cm³/mol. The second-order valence-corrected chi connectivity index (χ2v) is 8.49. The average molecular weight is 449 g/mol. The second-order valence-electron chi connectivity index (χ2n) is 6.49. The van der Waals surface area contributed by atoms with Gasteiger partial charge in [0.25, 0.3) is 11.1 Å². The first-order chi connectivity index (χ1) is 13.0. The Labute approximate surface area is 166 Å². The van der Waals surface area contributed by atoms with Crippen LogP contribution in [-0.2, 0) is 24.2 Å². The van der Waals surface area contributed by atoms with Gasteiger partial charge in [-0.3, -0.25) is 19.0 Å². The second kappa shape index (κ2) is 7.40. The number of fused-ring (bicyclic) bond motifs is 3. The zero-order chi connectivity index (χ0) is 19.0. The Morgan fingerprint density at radius 1 is 1.33 bits per heavy atom. The number of nitrogens with one attached hydrogen (secondary N) is 2. The number of aromatic nitrogens is 3. The van der Waals surface area contributed by atoms with Gasteiger partial charge in [-0.15, -0.1) is 11.3 Å². The van der Waals surface area contributed by atoms with E-state index in [0.717, 1.165) is 36.1 Å². The molecule has 0 aliphatic heterocycles. The van der Waals surface area contributed by atoms with Crippen molar-refractivity contribution in [1.29, 1.82) is 0 Å². The molecule has 0 saturated heterocycles. The highest BCUT2D eigenvalue weighted by molar-refractivity contribution is 9.10. The van der Waals surface area contributed by atoms with Gasteiger partial charge in [-0.25, -0.2) is 4.98 Å². The van der Waals surface area contributed by atoms with Crippen molar-refractivity contribution in [2.45, 2.75) is 38.6 Å². The summed E-state index contributed by atoms with van der Waals surface area (Å²) in [5.41, 5.74) is 0.838. The third kappa shape index (κ3) is 3.61. The minimum atomic E-state index is -0.378. The molecule has 7 nitrogen and oxygen atoms in total. The van der Waals surface area contributed by atoms with Crippen LogP contribution in [0.1, 0.15) is 29.7 Å². The monoisotopic (exact) mass is 448 g/mol. The van der Waals surface area contributed by atoms with Crippen molar-refractivity contribution < 1.29 is 4.79 Å². The summed E-state index contributed by atoms with van der Waals surface area (Å²) < 4.78 is 2.14. The number of carbonyl (C=O) groups is 1. The molecule has 0 fully saturated rings. The van der Waals surface area contributed by atoms with Gasteiger partial charge < -0.3 is 10.3 Å². The van der Waals surface area contributed by atoms with Crippen LogP contribution in [0.4, 0.5) is 5.69 Å². The van der Waals surface area contributed by atoms with E-state index in [0.29, 0.717) is 9.86 Å². The fourth-order valence-corrected chi connectivity index (χ4v) is 4.89. The maximum atomic E-state index is 12.9. The van der Waals surface area contributed by atoms with Gasteiger partial charge in [0.2, 0.25) is 5.91 Å². The van der Waals surface area contributed by atoms with Gasteiger partial charge in [-0.1, -0.05) is 0 Å². The Balaban J connectivity index is 1.53. The number of thiophene rings is 1. The van der Waals surface area contributed by atoms with E-state index in [-0.39, 0.29) is 35.7 Å². The van der Waals surface area contributed by atoms with Crippen molar-refractivity contribution in [2.24, 2.45) is 0 Å². The molecule has 27 heavy (non-hydrogen) atoms. The number of aromatic amines is 1. The predicted octanol–water partition coefficient (Wildman–Crippen LogP) is 2.82. The van der Waals surface area contributed by atoms with Crippen LogP contribution < -0.4 is 16.4 Å². The number of halogens is 1. The summed E-state index contributed by atoms with van der Waals surface area (Å²) >= 11 is 4.85. The summed E-state index contributed by atoms with van der Waals surface area (Å²) in [5, 5.41) is 3.29. The molecule has 1 amide bonds. The highest BCUT2D eigenvalue weighted by Gasteiger charge is 2.20. The van der Waals surface area contributed by atoms with Gasteiger partial charge in [0, 0.05) is 28.5 Å². The van der Waals surface area contributed by atoms with Crippen molar-refractivity contribution in [3.63, 3.8) is 0 Å². The van der Waals surface area contributed by atoms with Crippen LogP contribution in [0, 0.1) is 0 Å². The summed E-state index contributed by atoms with van der Waals surface area (Å²) in [6.45, 7) is 0.212. The number of aryl methyl sites for hydroxylation is 3. The van der Waals surface area contributed by atoms with Gasteiger partial charge in [0.05, 0.1) is 11.7 Å². The van der Waals surface area contributed by atoms with E-state index < -0.39 is 0 Å². The number of hydrogen-bond acceptors (Lipinski definition) is 5. The molecule has 0 spiro atoms. The maximum Gasteiger partial charge on any atom is 0.271 e. The number of rotatable bonds is 4.